The van der Waals surface area contributed by atoms with Crippen molar-refractivity contribution < 1.29 is 9.90 Å². The summed E-state index contributed by atoms with van der Waals surface area (Å²) in [7, 11) is 0.538. The molecule has 4 aromatic rings. The number of amides is 2. The van der Waals surface area contributed by atoms with Crippen molar-refractivity contribution in [3.63, 3.8) is 0 Å². The first-order chi connectivity index (χ1) is 18.1. The van der Waals surface area contributed by atoms with Crippen molar-refractivity contribution in [3.8, 4) is 23.1 Å². The molecule has 1 aliphatic heterocycles. The maximum Gasteiger partial charge on any atom is 0.321 e. The number of hydrogen-bond donors (Lipinski definition) is 3. The van der Waals surface area contributed by atoms with Gasteiger partial charge in [0, 0.05) is 42.3 Å². The first-order valence-corrected chi connectivity index (χ1v) is 13.7. The highest BCUT2D eigenvalue weighted by Gasteiger charge is 2.24. The molecule has 188 valence electrons. The van der Waals surface area contributed by atoms with Crippen molar-refractivity contribution >= 4 is 37.1 Å². The predicted molar refractivity (Wildman–Crippen MR) is 147 cm³/mol. The molecule has 9 nitrogen and oxygen atoms in total. The van der Waals surface area contributed by atoms with Crippen molar-refractivity contribution in [1.82, 2.24) is 19.5 Å². The van der Waals surface area contributed by atoms with E-state index >= 15 is 0 Å². The van der Waals surface area contributed by atoms with E-state index in [9.17, 15) is 9.90 Å². The number of hydrogen-bond acceptors (Lipinski definition) is 6. The molecule has 2 amide bonds. The second-order valence-electron chi connectivity index (χ2n) is 9.05. The number of nitrogens with one attached hydrogen (secondary N) is 2. The van der Waals surface area contributed by atoms with Crippen molar-refractivity contribution in [2.75, 3.05) is 36.9 Å². The lowest BCUT2D eigenvalue weighted by Crippen LogP contribution is -2.44. The summed E-state index contributed by atoms with van der Waals surface area (Å²) >= 11 is 0. The van der Waals surface area contributed by atoms with Crippen LogP contribution in [0, 0.1) is 17.2 Å². The van der Waals surface area contributed by atoms with Gasteiger partial charge >= 0.3 is 6.03 Å². The molecule has 0 spiro atoms. The third-order valence-electron chi connectivity index (χ3n) is 6.54. The molecular formula is C27H28N7O2P. The SMILES string of the molecule is CPc1cnn2c(NCC3CCCN(C(=O)Nc4cccc(C#N)c4)C3)cc(-c3ccccc3O)nc12. The zero-order valence-corrected chi connectivity index (χ0v) is 21.5. The number of piperidine rings is 1. The van der Waals surface area contributed by atoms with E-state index in [0.717, 1.165) is 29.6 Å². The van der Waals surface area contributed by atoms with Gasteiger partial charge in [-0.05, 0) is 55.8 Å². The van der Waals surface area contributed by atoms with Crippen LogP contribution in [0.1, 0.15) is 18.4 Å². The zero-order chi connectivity index (χ0) is 25.8. The third kappa shape index (κ3) is 5.35. The summed E-state index contributed by atoms with van der Waals surface area (Å²) in [5, 5.41) is 31.6. The number of urea groups is 1. The molecule has 3 heterocycles. The van der Waals surface area contributed by atoms with E-state index in [1.54, 1.807) is 36.4 Å². The van der Waals surface area contributed by atoms with Gasteiger partial charge in [0.2, 0.25) is 0 Å². The van der Waals surface area contributed by atoms with Gasteiger partial charge in [-0.3, -0.25) is 0 Å². The van der Waals surface area contributed by atoms with Gasteiger partial charge in [-0.15, -0.1) is 0 Å². The van der Waals surface area contributed by atoms with Gasteiger partial charge in [-0.1, -0.05) is 26.8 Å². The summed E-state index contributed by atoms with van der Waals surface area (Å²) in [5.74, 6) is 1.23. The molecule has 5 rings (SSSR count). The molecule has 10 heteroatoms. The summed E-state index contributed by atoms with van der Waals surface area (Å²) in [6, 6.07) is 18.0. The molecule has 1 fully saturated rings. The number of aromatic hydroxyl groups is 1. The average molecular weight is 514 g/mol. The molecule has 2 unspecified atom stereocenters. The van der Waals surface area contributed by atoms with Crippen LogP contribution in [0.15, 0.2) is 60.8 Å². The highest BCUT2D eigenvalue weighted by Crippen LogP contribution is 2.30. The van der Waals surface area contributed by atoms with Crippen LogP contribution in [-0.4, -0.2) is 56.9 Å². The van der Waals surface area contributed by atoms with Gasteiger partial charge in [0.05, 0.1) is 23.5 Å². The number of nitrogens with zero attached hydrogens (tertiary/aromatic N) is 5. The number of phenols is 1. The molecule has 1 saturated heterocycles. The van der Waals surface area contributed by atoms with E-state index in [2.05, 4.69) is 28.5 Å². The maximum absolute atomic E-state index is 12.9. The fourth-order valence-electron chi connectivity index (χ4n) is 4.63. The van der Waals surface area contributed by atoms with Gasteiger partial charge in [0.25, 0.3) is 0 Å². The zero-order valence-electron chi connectivity index (χ0n) is 20.5. The van der Waals surface area contributed by atoms with Crippen LogP contribution in [0.2, 0.25) is 0 Å². The van der Waals surface area contributed by atoms with E-state index < -0.39 is 0 Å². The molecule has 2 aromatic heterocycles. The number of rotatable bonds is 6. The van der Waals surface area contributed by atoms with E-state index in [1.165, 1.54) is 0 Å². The molecule has 37 heavy (non-hydrogen) atoms. The lowest BCUT2D eigenvalue weighted by atomic mass is 9.98. The molecule has 0 saturated carbocycles. The van der Waals surface area contributed by atoms with Gasteiger partial charge < -0.3 is 20.6 Å². The Morgan fingerprint density at radius 3 is 2.92 bits per heavy atom. The summed E-state index contributed by atoms with van der Waals surface area (Å²) < 4.78 is 1.81. The van der Waals surface area contributed by atoms with Crippen LogP contribution in [0.3, 0.4) is 0 Å². The number of nitriles is 1. The molecule has 1 aliphatic rings. The van der Waals surface area contributed by atoms with Crippen LogP contribution in [0.4, 0.5) is 16.3 Å². The first-order valence-electron chi connectivity index (χ1n) is 12.2. The number of carbonyl (C=O) groups excluding carboxylic acids is 1. The normalized spacial score (nSPS) is 15.7. The Balaban J connectivity index is 1.32. The quantitative estimate of drug-likeness (QED) is 0.332. The van der Waals surface area contributed by atoms with Crippen molar-refractivity contribution in [2.45, 2.75) is 12.8 Å². The fraction of sp³-hybridized carbons (Fsp3) is 0.259. The van der Waals surface area contributed by atoms with Crippen molar-refractivity contribution in [1.29, 1.82) is 5.26 Å². The number of para-hydroxylation sites is 1. The highest BCUT2D eigenvalue weighted by molar-refractivity contribution is 7.46. The molecule has 0 aliphatic carbocycles. The Morgan fingerprint density at radius 2 is 2.11 bits per heavy atom. The van der Waals surface area contributed by atoms with Crippen LogP contribution in [0.25, 0.3) is 16.9 Å². The smallest absolute Gasteiger partial charge is 0.321 e. The predicted octanol–water partition coefficient (Wildman–Crippen LogP) is 4.26. The largest absolute Gasteiger partial charge is 0.507 e. The minimum Gasteiger partial charge on any atom is -0.507 e. The number of likely N-dealkylation sites (tertiary alicyclic amines) is 1. The van der Waals surface area contributed by atoms with Crippen molar-refractivity contribution in [3.05, 3.63) is 66.4 Å². The lowest BCUT2D eigenvalue weighted by Gasteiger charge is -2.33. The van der Waals surface area contributed by atoms with Crippen LogP contribution in [-0.2, 0) is 0 Å². The Hall–Kier alpha value is -4.15. The van der Waals surface area contributed by atoms with Gasteiger partial charge in [-0.25, -0.2) is 9.78 Å². The third-order valence-corrected chi connectivity index (χ3v) is 7.43. The number of benzene rings is 2. The van der Waals surface area contributed by atoms with E-state index in [0.29, 0.717) is 50.7 Å². The summed E-state index contributed by atoms with van der Waals surface area (Å²) in [6.07, 6.45) is 3.76. The molecular weight excluding hydrogens is 485 g/mol. The summed E-state index contributed by atoms with van der Waals surface area (Å²) in [5.41, 5.74) is 3.24. The minimum absolute atomic E-state index is 0.159. The van der Waals surface area contributed by atoms with Crippen LogP contribution < -0.4 is 15.9 Å². The van der Waals surface area contributed by atoms with E-state index in [-0.39, 0.29) is 17.7 Å². The topological polar surface area (TPSA) is 119 Å². The van der Waals surface area contributed by atoms with E-state index in [1.807, 2.05) is 33.8 Å². The first kappa shape index (κ1) is 24.5. The molecule has 0 bridgehead atoms. The average Bonchev–Trinajstić information content (AvgIpc) is 3.35. The number of anilines is 2. The standard InChI is InChI=1S/C27H28N7O2P/c1-37-24-16-30-34-25(13-22(32-26(24)34)21-9-2-3-10-23(21)35)29-15-19-7-5-11-33(17-19)27(36)31-20-8-4-6-18(12-20)14-28/h2-4,6,8-10,12-13,16,19,29,35,37H,5,7,11,15,17H2,1H3,(H,31,36). The lowest BCUT2D eigenvalue weighted by molar-refractivity contribution is 0.180. The second kappa shape index (κ2) is 10.9. The van der Waals surface area contributed by atoms with Gasteiger partial charge in [-0.2, -0.15) is 14.9 Å². The maximum atomic E-state index is 12.9. The van der Waals surface area contributed by atoms with Crippen LogP contribution >= 0.6 is 8.58 Å². The molecule has 2 aromatic carbocycles. The molecule has 0 radical (unpaired) electrons. The van der Waals surface area contributed by atoms with Crippen LogP contribution in [0.5, 0.6) is 5.75 Å². The summed E-state index contributed by atoms with van der Waals surface area (Å²) in [4.78, 5) is 19.5. The van der Waals surface area contributed by atoms with Gasteiger partial charge in [0.15, 0.2) is 5.65 Å². The van der Waals surface area contributed by atoms with Crippen molar-refractivity contribution in [2.24, 2.45) is 5.92 Å². The Kier molecular flexibility index (Phi) is 7.20. The minimum atomic E-state index is -0.159. The fourth-order valence-corrected chi connectivity index (χ4v) is 5.20. The summed E-state index contributed by atoms with van der Waals surface area (Å²) in [6.45, 7) is 4.07. The monoisotopic (exact) mass is 513 g/mol. The number of aromatic nitrogens is 3. The molecule has 2 atom stereocenters. The Labute approximate surface area is 216 Å². The number of fused-ring (bicyclic) bond motifs is 1. The van der Waals surface area contributed by atoms with Gasteiger partial charge in [0.1, 0.15) is 11.6 Å². The highest BCUT2D eigenvalue weighted by atomic mass is 31.1. The number of phenolic OH excluding ortho intramolecular Hbond substituents is 1. The van der Waals surface area contributed by atoms with E-state index in [4.69, 9.17) is 10.2 Å². The second-order valence-corrected chi connectivity index (χ2v) is 10.1. The molecule has 3 N–H and O–H groups in total. The Bertz CT molecular complexity index is 1480. The Morgan fingerprint density at radius 1 is 1.24 bits per heavy atom. The number of carbonyl (C=O) groups is 1.